The molecular formula is C12H23N. The predicted octanol–water partition coefficient (Wildman–Crippen LogP) is 2.96. The summed E-state index contributed by atoms with van der Waals surface area (Å²) in [5.41, 5.74) is 0. The van der Waals surface area contributed by atoms with Gasteiger partial charge in [0.25, 0.3) is 0 Å². The Hall–Kier alpha value is -0.0400. The molecule has 1 saturated carbocycles. The van der Waals surface area contributed by atoms with E-state index in [1.807, 2.05) is 0 Å². The lowest BCUT2D eigenvalue weighted by Gasteiger charge is -2.29. The van der Waals surface area contributed by atoms with Crippen molar-refractivity contribution in [1.82, 2.24) is 5.32 Å². The van der Waals surface area contributed by atoms with Crippen molar-refractivity contribution < 1.29 is 0 Å². The van der Waals surface area contributed by atoms with Crippen molar-refractivity contribution in [3.63, 3.8) is 0 Å². The zero-order valence-electron chi connectivity index (χ0n) is 8.73. The van der Waals surface area contributed by atoms with Gasteiger partial charge in [-0.25, -0.2) is 0 Å². The van der Waals surface area contributed by atoms with Crippen LogP contribution in [0.15, 0.2) is 0 Å². The van der Waals surface area contributed by atoms with Crippen LogP contribution >= 0.6 is 0 Å². The normalized spacial score (nSPS) is 32.8. The van der Waals surface area contributed by atoms with Crippen LogP contribution in [0.4, 0.5) is 0 Å². The summed E-state index contributed by atoms with van der Waals surface area (Å²) in [4.78, 5) is 0. The summed E-state index contributed by atoms with van der Waals surface area (Å²) in [5.74, 6) is 2.09. The molecule has 13 heavy (non-hydrogen) atoms. The molecule has 0 amide bonds. The minimum absolute atomic E-state index is 1.02. The van der Waals surface area contributed by atoms with E-state index in [0.29, 0.717) is 0 Å². The van der Waals surface area contributed by atoms with Gasteiger partial charge in [-0.15, -0.1) is 0 Å². The van der Waals surface area contributed by atoms with E-state index in [9.17, 15) is 0 Å². The van der Waals surface area contributed by atoms with E-state index in [1.54, 1.807) is 0 Å². The fourth-order valence-electron chi connectivity index (χ4n) is 3.05. The summed E-state index contributed by atoms with van der Waals surface area (Å²) in [5, 5.41) is 3.59. The second-order valence-corrected chi connectivity index (χ2v) is 4.86. The highest BCUT2D eigenvalue weighted by Gasteiger charge is 2.23. The first kappa shape index (κ1) is 9.51. The zero-order chi connectivity index (χ0) is 8.93. The van der Waals surface area contributed by atoms with Crippen LogP contribution in [0.5, 0.6) is 0 Å². The van der Waals surface area contributed by atoms with Crippen molar-refractivity contribution >= 4 is 0 Å². The van der Waals surface area contributed by atoms with Crippen LogP contribution in [0.2, 0.25) is 0 Å². The van der Waals surface area contributed by atoms with Gasteiger partial charge in [-0.2, -0.15) is 0 Å². The van der Waals surface area contributed by atoms with Gasteiger partial charge in [-0.3, -0.25) is 0 Å². The molecule has 2 fully saturated rings. The molecule has 76 valence electrons. The van der Waals surface area contributed by atoms with Gasteiger partial charge in [-0.05, 0) is 37.8 Å². The lowest BCUT2D eigenvalue weighted by Crippen LogP contribution is -2.27. The molecule has 1 heteroatoms. The third-order valence-electron chi connectivity index (χ3n) is 3.90. The van der Waals surface area contributed by atoms with Crippen LogP contribution in [0, 0.1) is 11.8 Å². The summed E-state index contributed by atoms with van der Waals surface area (Å²) in [6, 6.07) is 0. The smallest absolute Gasteiger partial charge is 0.00179 e. The van der Waals surface area contributed by atoms with Gasteiger partial charge in [0.15, 0.2) is 0 Å². The average Bonchev–Trinajstić information content (AvgIpc) is 2.47. The van der Waals surface area contributed by atoms with E-state index < -0.39 is 0 Å². The molecular weight excluding hydrogens is 158 g/mol. The Kier molecular flexibility index (Phi) is 3.65. The highest BCUT2D eigenvalue weighted by Crippen LogP contribution is 2.32. The molecule has 2 aliphatic rings. The Morgan fingerprint density at radius 2 is 1.38 bits per heavy atom. The quantitative estimate of drug-likeness (QED) is 0.656. The molecule has 1 aliphatic heterocycles. The molecule has 2 rings (SSSR count). The summed E-state index contributed by atoms with van der Waals surface area (Å²) < 4.78 is 0. The Labute approximate surface area is 82.3 Å². The summed E-state index contributed by atoms with van der Waals surface area (Å²) >= 11 is 0. The van der Waals surface area contributed by atoms with E-state index in [4.69, 9.17) is 0 Å². The number of hydrogen-bond donors (Lipinski definition) is 1. The largest absolute Gasteiger partial charge is 0.316 e. The summed E-state index contributed by atoms with van der Waals surface area (Å²) in [7, 11) is 0. The molecule has 1 heterocycles. The second-order valence-electron chi connectivity index (χ2n) is 4.86. The number of hydrogen-bond acceptors (Lipinski definition) is 1. The van der Waals surface area contributed by atoms with Gasteiger partial charge in [0.1, 0.15) is 0 Å². The van der Waals surface area contributed by atoms with Gasteiger partial charge in [0.05, 0.1) is 0 Å². The fourth-order valence-corrected chi connectivity index (χ4v) is 3.05. The zero-order valence-corrected chi connectivity index (χ0v) is 8.73. The maximum Gasteiger partial charge on any atom is -0.00179 e. The van der Waals surface area contributed by atoms with E-state index >= 15 is 0 Å². The topological polar surface area (TPSA) is 12.0 Å². The van der Waals surface area contributed by atoms with Gasteiger partial charge in [-0.1, -0.05) is 38.5 Å². The maximum atomic E-state index is 3.59. The minimum Gasteiger partial charge on any atom is -0.316 e. The van der Waals surface area contributed by atoms with E-state index in [-0.39, 0.29) is 0 Å². The first-order chi connectivity index (χ1) is 6.47. The second kappa shape index (κ2) is 4.99. The van der Waals surface area contributed by atoms with Crippen molar-refractivity contribution in [2.24, 2.45) is 11.8 Å². The first-order valence-corrected chi connectivity index (χ1v) is 6.17. The Morgan fingerprint density at radius 1 is 0.692 bits per heavy atom. The highest BCUT2D eigenvalue weighted by molar-refractivity contribution is 4.77. The van der Waals surface area contributed by atoms with Crippen molar-refractivity contribution in [2.75, 3.05) is 13.1 Å². The van der Waals surface area contributed by atoms with Crippen LogP contribution in [-0.4, -0.2) is 13.1 Å². The van der Waals surface area contributed by atoms with Crippen molar-refractivity contribution in [3.05, 3.63) is 0 Å². The van der Waals surface area contributed by atoms with E-state index in [0.717, 1.165) is 11.8 Å². The third-order valence-corrected chi connectivity index (χ3v) is 3.90. The molecule has 0 aromatic rings. The monoisotopic (exact) mass is 181 g/mol. The average molecular weight is 181 g/mol. The summed E-state index contributed by atoms with van der Waals surface area (Å²) in [6.45, 7) is 2.58. The van der Waals surface area contributed by atoms with E-state index in [1.165, 1.54) is 64.5 Å². The molecule has 1 saturated heterocycles. The van der Waals surface area contributed by atoms with Crippen molar-refractivity contribution in [3.8, 4) is 0 Å². The standard InChI is InChI=1S/C12H23N/c1-2-6-11(7-3-1)12-8-4-5-9-13-10-12/h11-13H,1-10H2. The lowest BCUT2D eigenvalue weighted by atomic mass is 9.78. The van der Waals surface area contributed by atoms with Crippen LogP contribution in [0.1, 0.15) is 51.4 Å². The molecule has 0 bridgehead atoms. The molecule has 1 atom stereocenters. The van der Waals surface area contributed by atoms with Gasteiger partial charge in [0.2, 0.25) is 0 Å². The molecule has 1 aliphatic carbocycles. The predicted molar refractivity (Wildman–Crippen MR) is 56.8 cm³/mol. The van der Waals surface area contributed by atoms with Crippen LogP contribution in [0.3, 0.4) is 0 Å². The molecule has 1 unspecified atom stereocenters. The highest BCUT2D eigenvalue weighted by atomic mass is 14.9. The van der Waals surface area contributed by atoms with Crippen LogP contribution in [-0.2, 0) is 0 Å². The van der Waals surface area contributed by atoms with Gasteiger partial charge < -0.3 is 5.32 Å². The molecule has 0 radical (unpaired) electrons. The molecule has 1 nitrogen and oxygen atoms in total. The molecule has 0 aromatic carbocycles. The van der Waals surface area contributed by atoms with Crippen LogP contribution < -0.4 is 5.32 Å². The molecule has 0 aromatic heterocycles. The molecule has 0 spiro atoms. The van der Waals surface area contributed by atoms with Gasteiger partial charge in [0, 0.05) is 0 Å². The number of nitrogens with one attached hydrogen (secondary N) is 1. The van der Waals surface area contributed by atoms with Crippen molar-refractivity contribution in [2.45, 2.75) is 51.4 Å². The summed E-state index contributed by atoms with van der Waals surface area (Å²) in [6.07, 6.45) is 11.9. The molecule has 1 N–H and O–H groups in total. The fraction of sp³-hybridized carbons (Fsp3) is 1.00. The maximum absolute atomic E-state index is 3.59. The Balaban J connectivity index is 1.82. The number of rotatable bonds is 1. The third kappa shape index (κ3) is 2.70. The van der Waals surface area contributed by atoms with Crippen LogP contribution in [0.25, 0.3) is 0 Å². The first-order valence-electron chi connectivity index (χ1n) is 6.17. The Morgan fingerprint density at radius 3 is 2.23 bits per heavy atom. The van der Waals surface area contributed by atoms with E-state index in [2.05, 4.69) is 5.32 Å². The minimum atomic E-state index is 1.02. The van der Waals surface area contributed by atoms with Gasteiger partial charge >= 0.3 is 0 Å². The Bertz CT molecular complexity index is 130. The lowest BCUT2D eigenvalue weighted by molar-refractivity contribution is 0.237. The SMILES string of the molecule is C1CCC(C2CCCCNC2)CC1. The van der Waals surface area contributed by atoms with Crippen molar-refractivity contribution in [1.29, 1.82) is 0 Å².